The summed E-state index contributed by atoms with van der Waals surface area (Å²) in [5.41, 5.74) is 7.81. The molecule has 3 N–H and O–H groups in total. The molecule has 5 heteroatoms. The first kappa shape index (κ1) is 13.5. The third kappa shape index (κ3) is 2.59. The standard InChI is InChI=1S/C14H17F2N3/c1-7(2)4-10-13(18-19-14(10)17)9-5-8(3)11(15)6-12(9)16/h5-7H,4H2,1-3H3,(H3,17,18,19). The highest BCUT2D eigenvalue weighted by atomic mass is 19.1. The molecule has 3 nitrogen and oxygen atoms in total. The normalized spacial score (nSPS) is 11.3. The number of halogens is 2. The number of rotatable bonds is 3. The summed E-state index contributed by atoms with van der Waals surface area (Å²) in [6.07, 6.45) is 0.688. The van der Waals surface area contributed by atoms with Crippen LogP contribution in [-0.4, -0.2) is 10.2 Å². The highest BCUT2D eigenvalue weighted by molar-refractivity contribution is 5.69. The van der Waals surface area contributed by atoms with E-state index < -0.39 is 11.6 Å². The second kappa shape index (κ2) is 4.99. The molecule has 0 unspecified atom stereocenters. The highest BCUT2D eigenvalue weighted by Gasteiger charge is 2.18. The average Bonchev–Trinajstić information content (AvgIpc) is 2.65. The van der Waals surface area contributed by atoms with Crippen molar-refractivity contribution in [2.75, 3.05) is 5.73 Å². The van der Waals surface area contributed by atoms with E-state index in [2.05, 4.69) is 10.2 Å². The van der Waals surface area contributed by atoms with Gasteiger partial charge in [-0.05, 0) is 30.9 Å². The topological polar surface area (TPSA) is 54.7 Å². The molecule has 0 aliphatic heterocycles. The van der Waals surface area contributed by atoms with Crippen LogP contribution in [0.25, 0.3) is 11.3 Å². The van der Waals surface area contributed by atoms with E-state index in [0.717, 1.165) is 11.6 Å². The van der Waals surface area contributed by atoms with E-state index in [1.807, 2.05) is 13.8 Å². The minimum absolute atomic E-state index is 0.304. The maximum Gasteiger partial charge on any atom is 0.149 e. The van der Waals surface area contributed by atoms with Gasteiger partial charge in [-0.1, -0.05) is 13.8 Å². The molecular weight excluding hydrogens is 248 g/mol. The zero-order valence-corrected chi connectivity index (χ0v) is 11.2. The Kier molecular flexibility index (Phi) is 3.55. The van der Waals surface area contributed by atoms with E-state index in [-0.39, 0.29) is 0 Å². The van der Waals surface area contributed by atoms with Crippen LogP contribution in [0.15, 0.2) is 12.1 Å². The first-order valence-corrected chi connectivity index (χ1v) is 6.19. The number of benzene rings is 1. The van der Waals surface area contributed by atoms with Gasteiger partial charge in [0.25, 0.3) is 0 Å². The van der Waals surface area contributed by atoms with Gasteiger partial charge in [-0.3, -0.25) is 5.10 Å². The van der Waals surface area contributed by atoms with Crippen LogP contribution in [0.1, 0.15) is 25.0 Å². The summed E-state index contributed by atoms with van der Waals surface area (Å²) < 4.78 is 27.2. The molecule has 0 aliphatic rings. The van der Waals surface area contributed by atoms with Crippen LogP contribution in [0.3, 0.4) is 0 Å². The average molecular weight is 265 g/mol. The van der Waals surface area contributed by atoms with Gasteiger partial charge in [0.1, 0.15) is 17.5 Å². The fourth-order valence-electron chi connectivity index (χ4n) is 2.07. The number of anilines is 1. The van der Waals surface area contributed by atoms with Crippen molar-refractivity contribution in [2.45, 2.75) is 27.2 Å². The third-order valence-electron chi connectivity index (χ3n) is 3.03. The van der Waals surface area contributed by atoms with E-state index >= 15 is 0 Å². The van der Waals surface area contributed by atoms with Gasteiger partial charge in [0.15, 0.2) is 0 Å². The molecule has 0 saturated carbocycles. The smallest absolute Gasteiger partial charge is 0.149 e. The second-order valence-corrected chi connectivity index (χ2v) is 5.14. The molecule has 102 valence electrons. The Hall–Kier alpha value is -1.91. The Labute approximate surface area is 110 Å². The van der Waals surface area contributed by atoms with Gasteiger partial charge >= 0.3 is 0 Å². The Morgan fingerprint density at radius 2 is 1.95 bits per heavy atom. The number of nitrogens with two attached hydrogens (primary N) is 1. The zero-order valence-electron chi connectivity index (χ0n) is 11.2. The molecule has 0 radical (unpaired) electrons. The monoisotopic (exact) mass is 265 g/mol. The van der Waals surface area contributed by atoms with Crippen LogP contribution in [0.5, 0.6) is 0 Å². The minimum atomic E-state index is -0.614. The lowest BCUT2D eigenvalue weighted by Gasteiger charge is -2.09. The largest absolute Gasteiger partial charge is 0.382 e. The lowest BCUT2D eigenvalue weighted by atomic mass is 9.98. The fourth-order valence-corrected chi connectivity index (χ4v) is 2.07. The number of nitrogen functional groups attached to an aromatic ring is 1. The number of aryl methyl sites for hydroxylation is 1. The summed E-state index contributed by atoms with van der Waals surface area (Å²) in [6.45, 7) is 5.69. The van der Waals surface area contributed by atoms with Crippen LogP contribution in [0.4, 0.5) is 14.6 Å². The fraction of sp³-hybridized carbons (Fsp3) is 0.357. The number of nitrogens with zero attached hydrogens (tertiary/aromatic N) is 1. The van der Waals surface area contributed by atoms with E-state index in [1.165, 1.54) is 6.07 Å². The summed E-state index contributed by atoms with van der Waals surface area (Å²) in [7, 11) is 0. The number of aromatic amines is 1. The first-order valence-electron chi connectivity index (χ1n) is 6.19. The van der Waals surface area contributed by atoms with E-state index in [0.29, 0.717) is 35.0 Å². The SMILES string of the molecule is Cc1cc(-c2[nH]nc(N)c2CC(C)C)c(F)cc1F. The van der Waals surface area contributed by atoms with Crippen molar-refractivity contribution in [3.8, 4) is 11.3 Å². The summed E-state index contributed by atoms with van der Waals surface area (Å²) in [5, 5.41) is 6.68. The lowest BCUT2D eigenvalue weighted by Crippen LogP contribution is -2.00. The molecule has 2 aromatic rings. The maximum absolute atomic E-state index is 13.9. The van der Waals surface area contributed by atoms with Crippen LogP contribution >= 0.6 is 0 Å². The van der Waals surface area contributed by atoms with Crippen molar-refractivity contribution in [2.24, 2.45) is 5.92 Å². The molecular formula is C14H17F2N3. The minimum Gasteiger partial charge on any atom is -0.382 e. The second-order valence-electron chi connectivity index (χ2n) is 5.14. The zero-order chi connectivity index (χ0) is 14.2. The first-order chi connectivity index (χ1) is 8.90. The summed E-state index contributed by atoms with van der Waals surface area (Å²) in [5.74, 6) is -0.441. The molecule has 0 bridgehead atoms. The van der Waals surface area contributed by atoms with Crippen molar-refractivity contribution < 1.29 is 8.78 Å². The third-order valence-corrected chi connectivity index (χ3v) is 3.03. The van der Waals surface area contributed by atoms with Gasteiger partial charge < -0.3 is 5.73 Å². The summed E-state index contributed by atoms with van der Waals surface area (Å²) in [6, 6.07) is 2.36. The number of hydrogen-bond donors (Lipinski definition) is 2. The van der Waals surface area contributed by atoms with Gasteiger partial charge in [-0.2, -0.15) is 5.10 Å². The molecule has 0 fully saturated rings. The summed E-state index contributed by atoms with van der Waals surface area (Å²) in [4.78, 5) is 0. The highest BCUT2D eigenvalue weighted by Crippen LogP contribution is 2.30. The van der Waals surface area contributed by atoms with Crippen molar-refractivity contribution in [3.05, 3.63) is 34.9 Å². The van der Waals surface area contributed by atoms with Gasteiger partial charge in [-0.15, -0.1) is 0 Å². The molecule has 0 aliphatic carbocycles. The molecule has 0 amide bonds. The van der Waals surface area contributed by atoms with Crippen molar-refractivity contribution in [1.29, 1.82) is 0 Å². The molecule has 0 saturated heterocycles. The predicted molar refractivity (Wildman–Crippen MR) is 71.6 cm³/mol. The van der Waals surface area contributed by atoms with Crippen LogP contribution < -0.4 is 5.73 Å². The predicted octanol–water partition coefficient (Wildman–Crippen LogP) is 3.44. The Balaban J connectivity index is 2.56. The number of aromatic nitrogens is 2. The van der Waals surface area contributed by atoms with Crippen LogP contribution in [0.2, 0.25) is 0 Å². The maximum atomic E-state index is 13.9. The van der Waals surface area contributed by atoms with Crippen molar-refractivity contribution in [3.63, 3.8) is 0 Å². The quantitative estimate of drug-likeness (QED) is 0.893. The van der Waals surface area contributed by atoms with Gasteiger partial charge in [0, 0.05) is 17.2 Å². The number of nitrogens with one attached hydrogen (secondary N) is 1. The summed E-state index contributed by atoms with van der Waals surface area (Å²) >= 11 is 0. The number of hydrogen-bond acceptors (Lipinski definition) is 2. The molecule has 0 atom stereocenters. The molecule has 0 spiro atoms. The van der Waals surface area contributed by atoms with Crippen LogP contribution in [0, 0.1) is 24.5 Å². The Bertz CT molecular complexity index is 603. The Morgan fingerprint density at radius 1 is 1.26 bits per heavy atom. The molecule has 2 rings (SSSR count). The van der Waals surface area contributed by atoms with Crippen LogP contribution in [-0.2, 0) is 6.42 Å². The molecule has 1 heterocycles. The van der Waals surface area contributed by atoms with E-state index in [9.17, 15) is 8.78 Å². The van der Waals surface area contributed by atoms with Gasteiger partial charge in [-0.25, -0.2) is 8.78 Å². The molecule has 19 heavy (non-hydrogen) atoms. The van der Waals surface area contributed by atoms with Crippen molar-refractivity contribution in [1.82, 2.24) is 10.2 Å². The lowest BCUT2D eigenvalue weighted by molar-refractivity contribution is 0.579. The molecule has 1 aromatic carbocycles. The van der Waals surface area contributed by atoms with E-state index in [1.54, 1.807) is 6.92 Å². The van der Waals surface area contributed by atoms with Gasteiger partial charge in [0.2, 0.25) is 0 Å². The van der Waals surface area contributed by atoms with E-state index in [4.69, 9.17) is 5.73 Å². The molecule has 1 aromatic heterocycles. The number of H-pyrrole nitrogens is 1. The Morgan fingerprint density at radius 3 is 2.58 bits per heavy atom. The van der Waals surface area contributed by atoms with Gasteiger partial charge in [0.05, 0.1) is 5.69 Å². The van der Waals surface area contributed by atoms with Crippen molar-refractivity contribution >= 4 is 5.82 Å².